The van der Waals surface area contributed by atoms with Crippen LogP contribution >= 0.6 is 0 Å². The number of aliphatic hydroxyl groups excluding tert-OH is 1. The van der Waals surface area contributed by atoms with Gasteiger partial charge >= 0.3 is 0 Å². The first kappa shape index (κ1) is 12.3. The number of hydrogen-bond donors (Lipinski definition) is 3. The Hall–Kier alpha value is -1.13. The molecule has 0 amide bonds. The molecule has 0 radical (unpaired) electrons. The van der Waals surface area contributed by atoms with Gasteiger partial charge in [0.25, 0.3) is 0 Å². The van der Waals surface area contributed by atoms with Crippen molar-refractivity contribution in [1.82, 2.24) is 10.3 Å². The highest BCUT2D eigenvalue weighted by Gasteiger charge is 2.19. The lowest BCUT2D eigenvalue weighted by atomic mass is 9.87. The molecule has 4 heteroatoms. The largest absolute Gasteiger partial charge is 0.506 e. The van der Waals surface area contributed by atoms with Crippen molar-refractivity contribution in [2.45, 2.75) is 38.3 Å². The Bertz CT molecular complexity index is 340. The minimum atomic E-state index is -0.109. The molecule has 0 saturated heterocycles. The summed E-state index contributed by atoms with van der Waals surface area (Å²) in [7, 11) is 0. The number of aromatic nitrogens is 1. The zero-order chi connectivity index (χ0) is 12.1. The van der Waals surface area contributed by atoms with Crippen LogP contribution in [0.15, 0.2) is 18.3 Å². The lowest BCUT2D eigenvalue weighted by molar-refractivity contribution is 0.101. The van der Waals surface area contributed by atoms with E-state index >= 15 is 0 Å². The minimum Gasteiger partial charge on any atom is -0.506 e. The Kier molecular flexibility index (Phi) is 4.34. The van der Waals surface area contributed by atoms with Gasteiger partial charge < -0.3 is 15.5 Å². The van der Waals surface area contributed by atoms with Crippen molar-refractivity contribution in [1.29, 1.82) is 0 Å². The number of nitrogens with one attached hydrogen (secondary N) is 1. The first-order chi connectivity index (χ1) is 8.24. The summed E-state index contributed by atoms with van der Waals surface area (Å²) in [6.07, 6.45) is 5.55. The summed E-state index contributed by atoms with van der Waals surface area (Å²) in [5.41, 5.74) is 0.930. The van der Waals surface area contributed by atoms with Crippen LogP contribution in [0.3, 0.4) is 0 Å². The molecular formula is C13H20N2O2. The van der Waals surface area contributed by atoms with Crippen molar-refractivity contribution in [2.75, 3.05) is 6.54 Å². The van der Waals surface area contributed by atoms with Crippen LogP contribution in [0.1, 0.15) is 31.4 Å². The zero-order valence-corrected chi connectivity index (χ0v) is 9.97. The predicted octanol–water partition coefficient (Wildman–Crippen LogP) is 1.43. The Morgan fingerprint density at radius 2 is 2.24 bits per heavy atom. The van der Waals surface area contributed by atoms with Gasteiger partial charge in [0.1, 0.15) is 5.75 Å². The van der Waals surface area contributed by atoms with E-state index in [1.807, 2.05) is 6.07 Å². The molecular weight excluding hydrogens is 216 g/mol. The number of nitrogens with zero attached hydrogens (tertiary/aromatic N) is 1. The van der Waals surface area contributed by atoms with Gasteiger partial charge in [0, 0.05) is 6.54 Å². The fourth-order valence-corrected chi connectivity index (χ4v) is 2.37. The smallest absolute Gasteiger partial charge is 0.133 e. The highest BCUT2D eigenvalue weighted by Crippen LogP contribution is 2.23. The fraction of sp³-hybridized carbons (Fsp3) is 0.615. The lowest BCUT2D eigenvalue weighted by Gasteiger charge is -2.25. The molecule has 0 bridgehead atoms. The Balaban J connectivity index is 1.70. The van der Waals surface area contributed by atoms with Gasteiger partial charge in [0.05, 0.1) is 18.0 Å². The summed E-state index contributed by atoms with van der Waals surface area (Å²) in [5.74, 6) is 0.778. The third-order valence-corrected chi connectivity index (χ3v) is 3.30. The average Bonchev–Trinajstić information content (AvgIpc) is 2.32. The Morgan fingerprint density at radius 3 is 2.94 bits per heavy atom. The standard InChI is InChI=1S/C13H20N2O2/c16-12-3-1-2-10(6-12)7-14-8-11-4-5-13(17)9-15-11/h4-5,9-10,12,14,16-17H,1-3,6-8H2. The van der Waals surface area contributed by atoms with Crippen LogP contribution in [0, 0.1) is 5.92 Å². The lowest BCUT2D eigenvalue weighted by Crippen LogP contribution is -2.29. The Labute approximate surface area is 102 Å². The number of aromatic hydroxyl groups is 1. The quantitative estimate of drug-likeness (QED) is 0.740. The maximum atomic E-state index is 9.56. The number of rotatable bonds is 4. The highest BCUT2D eigenvalue weighted by molar-refractivity contribution is 5.17. The van der Waals surface area contributed by atoms with Crippen LogP contribution < -0.4 is 5.32 Å². The van der Waals surface area contributed by atoms with Gasteiger partial charge in [-0.3, -0.25) is 4.98 Å². The van der Waals surface area contributed by atoms with E-state index in [-0.39, 0.29) is 11.9 Å². The van der Waals surface area contributed by atoms with Gasteiger partial charge in [-0.15, -0.1) is 0 Å². The normalized spacial score (nSPS) is 24.8. The van der Waals surface area contributed by atoms with E-state index in [0.29, 0.717) is 12.5 Å². The molecule has 4 nitrogen and oxygen atoms in total. The van der Waals surface area contributed by atoms with Crippen LogP contribution in [-0.2, 0) is 6.54 Å². The van der Waals surface area contributed by atoms with E-state index in [9.17, 15) is 5.11 Å². The fourth-order valence-electron chi connectivity index (χ4n) is 2.37. The molecule has 94 valence electrons. The van der Waals surface area contributed by atoms with Gasteiger partial charge in [0.15, 0.2) is 0 Å². The van der Waals surface area contributed by atoms with Gasteiger partial charge in [-0.2, -0.15) is 0 Å². The summed E-state index contributed by atoms with van der Waals surface area (Å²) in [4.78, 5) is 4.11. The number of hydrogen-bond acceptors (Lipinski definition) is 4. The van der Waals surface area contributed by atoms with E-state index in [4.69, 9.17) is 5.11 Å². The van der Waals surface area contributed by atoms with Crippen molar-refractivity contribution in [3.8, 4) is 5.75 Å². The molecule has 1 aliphatic carbocycles. The van der Waals surface area contributed by atoms with Crippen molar-refractivity contribution >= 4 is 0 Å². The molecule has 1 fully saturated rings. The van der Waals surface area contributed by atoms with Crippen LogP contribution in [0.25, 0.3) is 0 Å². The van der Waals surface area contributed by atoms with Crippen molar-refractivity contribution < 1.29 is 10.2 Å². The summed E-state index contributed by atoms with van der Waals surface area (Å²) in [6, 6.07) is 3.46. The second kappa shape index (κ2) is 5.98. The zero-order valence-electron chi connectivity index (χ0n) is 9.97. The van der Waals surface area contributed by atoms with E-state index in [1.54, 1.807) is 6.07 Å². The van der Waals surface area contributed by atoms with Crippen LogP contribution in [0.4, 0.5) is 0 Å². The van der Waals surface area contributed by atoms with Crippen molar-refractivity contribution in [2.24, 2.45) is 5.92 Å². The van der Waals surface area contributed by atoms with Gasteiger partial charge in [-0.1, -0.05) is 6.42 Å². The molecule has 1 heterocycles. The molecule has 2 atom stereocenters. The minimum absolute atomic E-state index is 0.109. The second-order valence-electron chi connectivity index (χ2n) is 4.83. The van der Waals surface area contributed by atoms with Gasteiger partial charge in [0.2, 0.25) is 0 Å². The number of pyridine rings is 1. The molecule has 3 N–H and O–H groups in total. The third kappa shape index (κ3) is 3.98. The summed E-state index contributed by atoms with van der Waals surface area (Å²) in [6.45, 7) is 1.65. The molecule has 0 spiro atoms. The molecule has 1 saturated carbocycles. The first-order valence-corrected chi connectivity index (χ1v) is 6.26. The van der Waals surface area contributed by atoms with E-state index in [1.165, 1.54) is 12.6 Å². The molecule has 2 rings (SSSR count). The predicted molar refractivity (Wildman–Crippen MR) is 65.6 cm³/mol. The second-order valence-corrected chi connectivity index (χ2v) is 4.83. The monoisotopic (exact) mass is 236 g/mol. The maximum absolute atomic E-state index is 9.56. The first-order valence-electron chi connectivity index (χ1n) is 6.26. The number of aliphatic hydroxyl groups is 1. The third-order valence-electron chi connectivity index (χ3n) is 3.30. The molecule has 0 aliphatic heterocycles. The molecule has 1 aromatic rings. The van der Waals surface area contributed by atoms with E-state index in [2.05, 4.69) is 10.3 Å². The Morgan fingerprint density at radius 1 is 1.35 bits per heavy atom. The average molecular weight is 236 g/mol. The van der Waals surface area contributed by atoms with Crippen LogP contribution in [-0.4, -0.2) is 27.8 Å². The highest BCUT2D eigenvalue weighted by atomic mass is 16.3. The maximum Gasteiger partial charge on any atom is 0.133 e. The molecule has 0 aromatic carbocycles. The molecule has 1 aliphatic rings. The van der Waals surface area contributed by atoms with E-state index < -0.39 is 0 Å². The SMILES string of the molecule is Oc1ccc(CNCC2CCCC(O)C2)nc1. The van der Waals surface area contributed by atoms with Crippen LogP contribution in [0.2, 0.25) is 0 Å². The molecule has 17 heavy (non-hydrogen) atoms. The molecule has 1 aromatic heterocycles. The topological polar surface area (TPSA) is 65.4 Å². The summed E-state index contributed by atoms with van der Waals surface area (Å²) in [5, 5.41) is 22.0. The molecule has 2 unspecified atom stereocenters. The van der Waals surface area contributed by atoms with Gasteiger partial charge in [-0.25, -0.2) is 0 Å². The van der Waals surface area contributed by atoms with Crippen molar-refractivity contribution in [3.63, 3.8) is 0 Å². The van der Waals surface area contributed by atoms with Crippen LogP contribution in [0.5, 0.6) is 5.75 Å². The van der Waals surface area contributed by atoms with Crippen molar-refractivity contribution in [3.05, 3.63) is 24.0 Å². The van der Waals surface area contributed by atoms with Gasteiger partial charge in [-0.05, 0) is 43.9 Å². The van der Waals surface area contributed by atoms with E-state index in [0.717, 1.165) is 31.5 Å². The summed E-state index contributed by atoms with van der Waals surface area (Å²) < 4.78 is 0. The summed E-state index contributed by atoms with van der Waals surface area (Å²) >= 11 is 0.